The maximum absolute atomic E-state index is 13.3. The van der Waals surface area contributed by atoms with Gasteiger partial charge in [-0.05, 0) is 19.1 Å². The van der Waals surface area contributed by atoms with Gasteiger partial charge in [-0.1, -0.05) is 0 Å². The number of nitrogens with zero attached hydrogens (tertiary/aromatic N) is 2. The Morgan fingerprint density at radius 2 is 2.05 bits per heavy atom. The van der Waals surface area contributed by atoms with Crippen molar-refractivity contribution >= 4 is 22.4 Å². The Kier molecular flexibility index (Phi) is 3.98. The van der Waals surface area contributed by atoms with Gasteiger partial charge in [0.05, 0.1) is 17.4 Å². The second-order valence-corrected chi connectivity index (χ2v) is 6.25. The van der Waals surface area contributed by atoms with Crippen molar-refractivity contribution in [2.75, 3.05) is 6.54 Å². The van der Waals surface area contributed by atoms with E-state index in [1.165, 1.54) is 15.8 Å². The summed E-state index contributed by atoms with van der Waals surface area (Å²) in [6, 6.07) is 6.53. The molecule has 0 radical (unpaired) electrons. The molecule has 0 fully saturated rings. The van der Waals surface area contributed by atoms with Gasteiger partial charge in [-0.2, -0.15) is 0 Å². The molecule has 0 saturated heterocycles. The molecule has 0 spiro atoms. The van der Waals surface area contributed by atoms with Gasteiger partial charge in [0.1, 0.15) is 0 Å². The van der Waals surface area contributed by atoms with Crippen LogP contribution in [0.3, 0.4) is 0 Å². The number of nitrogens with one attached hydrogen (secondary N) is 1. The molecule has 0 aliphatic carbocycles. The summed E-state index contributed by atoms with van der Waals surface area (Å²) in [5.41, 5.74) is 1.09. The summed E-state index contributed by atoms with van der Waals surface area (Å²) >= 11 is 1.77. The van der Waals surface area contributed by atoms with Crippen molar-refractivity contribution in [3.05, 3.63) is 52.0 Å². The van der Waals surface area contributed by atoms with Crippen molar-refractivity contribution in [1.29, 1.82) is 0 Å². The summed E-state index contributed by atoms with van der Waals surface area (Å²) in [4.78, 5) is 6.68. The first-order chi connectivity index (χ1) is 10.1. The minimum Gasteiger partial charge on any atom is -0.329 e. The standard InChI is InChI=1S/C15H15F2N3S/c1-10-2-3-11(21-10)8-18-4-5-20-9-19-14-6-12(16)13(17)7-15(14)20/h2-3,6-7,9,18H,4-5,8H2,1H3. The molecule has 0 aliphatic rings. The van der Waals surface area contributed by atoms with Crippen LogP contribution in [-0.4, -0.2) is 16.1 Å². The molecule has 0 atom stereocenters. The highest BCUT2D eigenvalue weighted by molar-refractivity contribution is 7.11. The Bertz CT molecular complexity index is 763. The fourth-order valence-corrected chi connectivity index (χ4v) is 3.08. The van der Waals surface area contributed by atoms with Crippen LogP contribution in [-0.2, 0) is 13.1 Å². The van der Waals surface area contributed by atoms with Gasteiger partial charge in [-0.3, -0.25) is 0 Å². The van der Waals surface area contributed by atoms with E-state index in [0.717, 1.165) is 19.2 Å². The van der Waals surface area contributed by atoms with Gasteiger partial charge in [0, 0.05) is 41.5 Å². The maximum atomic E-state index is 13.3. The predicted molar refractivity (Wildman–Crippen MR) is 80.4 cm³/mol. The molecule has 21 heavy (non-hydrogen) atoms. The summed E-state index contributed by atoms with van der Waals surface area (Å²) in [5.74, 6) is -1.70. The zero-order valence-corrected chi connectivity index (χ0v) is 12.4. The lowest BCUT2D eigenvalue weighted by atomic mass is 10.3. The number of halogens is 2. The number of hydrogen-bond donors (Lipinski definition) is 1. The highest BCUT2D eigenvalue weighted by Crippen LogP contribution is 2.17. The van der Waals surface area contributed by atoms with Crippen LogP contribution in [0.2, 0.25) is 0 Å². The lowest BCUT2D eigenvalue weighted by Crippen LogP contribution is -2.18. The second-order valence-electron chi connectivity index (χ2n) is 4.88. The number of benzene rings is 1. The molecule has 110 valence electrons. The van der Waals surface area contributed by atoms with Crippen LogP contribution in [0.4, 0.5) is 8.78 Å². The predicted octanol–water partition coefficient (Wildman–Crippen LogP) is 3.47. The number of rotatable bonds is 5. The van der Waals surface area contributed by atoms with Gasteiger partial charge >= 0.3 is 0 Å². The van der Waals surface area contributed by atoms with E-state index in [0.29, 0.717) is 17.6 Å². The summed E-state index contributed by atoms with van der Waals surface area (Å²) < 4.78 is 28.2. The van der Waals surface area contributed by atoms with E-state index in [2.05, 4.69) is 29.4 Å². The number of hydrogen-bond acceptors (Lipinski definition) is 3. The molecular weight excluding hydrogens is 292 g/mol. The van der Waals surface area contributed by atoms with Gasteiger partial charge in [0.25, 0.3) is 0 Å². The van der Waals surface area contributed by atoms with E-state index in [9.17, 15) is 8.78 Å². The van der Waals surface area contributed by atoms with Gasteiger partial charge in [0.2, 0.25) is 0 Å². The molecule has 2 heterocycles. The summed E-state index contributed by atoms with van der Waals surface area (Å²) in [6.07, 6.45) is 1.61. The van der Waals surface area contributed by atoms with E-state index in [1.807, 2.05) is 4.57 Å². The molecule has 1 N–H and O–H groups in total. The topological polar surface area (TPSA) is 29.9 Å². The Morgan fingerprint density at radius 3 is 2.81 bits per heavy atom. The van der Waals surface area contributed by atoms with Crippen LogP contribution in [0, 0.1) is 18.6 Å². The molecule has 3 nitrogen and oxygen atoms in total. The summed E-state index contributed by atoms with van der Waals surface area (Å²) in [6.45, 7) is 4.29. The third kappa shape index (κ3) is 3.11. The minimum atomic E-state index is -0.862. The van der Waals surface area contributed by atoms with Gasteiger partial charge in [-0.25, -0.2) is 13.8 Å². The van der Waals surface area contributed by atoms with E-state index >= 15 is 0 Å². The molecule has 6 heteroatoms. The largest absolute Gasteiger partial charge is 0.329 e. The Balaban J connectivity index is 1.61. The van der Waals surface area contributed by atoms with E-state index in [1.54, 1.807) is 17.7 Å². The normalized spacial score (nSPS) is 11.4. The van der Waals surface area contributed by atoms with Gasteiger partial charge in [0.15, 0.2) is 11.6 Å². The first-order valence-electron chi connectivity index (χ1n) is 6.69. The number of aryl methyl sites for hydroxylation is 1. The van der Waals surface area contributed by atoms with Crippen molar-refractivity contribution in [1.82, 2.24) is 14.9 Å². The molecule has 1 aromatic carbocycles. The fraction of sp³-hybridized carbons (Fsp3) is 0.267. The highest BCUT2D eigenvalue weighted by Gasteiger charge is 2.08. The lowest BCUT2D eigenvalue weighted by Gasteiger charge is -2.06. The first kappa shape index (κ1) is 14.2. The molecular formula is C15H15F2N3S. The van der Waals surface area contributed by atoms with E-state index < -0.39 is 11.6 Å². The molecule has 2 aromatic heterocycles. The molecule has 0 aliphatic heterocycles. The third-order valence-electron chi connectivity index (χ3n) is 3.29. The monoisotopic (exact) mass is 307 g/mol. The second kappa shape index (κ2) is 5.91. The molecule has 0 amide bonds. The number of thiophene rings is 1. The van der Waals surface area contributed by atoms with Crippen LogP contribution in [0.5, 0.6) is 0 Å². The highest BCUT2D eigenvalue weighted by atomic mass is 32.1. The summed E-state index contributed by atoms with van der Waals surface area (Å²) in [5, 5.41) is 3.34. The van der Waals surface area contributed by atoms with Crippen LogP contribution in [0.25, 0.3) is 11.0 Å². The number of aromatic nitrogens is 2. The average molecular weight is 307 g/mol. The van der Waals surface area contributed by atoms with Crippen molar-refractivity contribution in [2.24, 2.45) is 0 Å². The van der Waals surface area contributed by atoms with Crippen LogP contribution < -0.4 is 5.32 Å². The molecule has 0 bridgehead atoms. The molecule has 3 rings (SSSR count). The molecule has 3 aromatic rings. The van der Waals surface area contributed by atoms with Crippen molar-refractivity contribution in [2.45, 2.75) is 20.0 Å². The number of fused-ring (bicyclic) bond motifs is 1. The SMILES string of the molecule is Cc1ccc(CNCCn2cnc3cc(F)c(F)cc32)s1. The Hall–Kier alpha value is -1.79. The van der Waals surface area contributed by atoms with Crippen LogP contribution >= 0.6 is 11.3 Å². The minimum absolute atomic E-state index is 0.475. The average Bonchev–Trinajstić information content (AvgIpc) is 3.03. The quantitative estimate of drug-likeness (QED) is 0.731. The van der Waals surface area contributed by atoms with Crippen LogP contribution in [0.15, 0.2) is 30.6 Å². The fourth-order valence-electron chi connectivity index (χ4n) is 2.22. The molecule has 0 saturated carbocycles. The van der Waals surface area contributed by atoms with Crippen molar-refractivity contribution in [3.63, 3.8) is 0 Å². The lowest BCUT2D eigenvalue weighted by molar-refractivity contribution is 0.510. The van der Waals surface area contributed by atoms with Crippen LogP contribution in [0.1, 0.15) is 9.75 Å². The first-order valence-corrected chi connectivity index (χ1v) is 7.51. The summed E-state index contributed by atoms with van der Waals surface area (Å²) in [7, 11) is 0. The van der Waals surface area contributed by atoms with E-state index in [4.69, 9.17) is 0 Å². The Morgan fingerprint density at radius 1 is 1.24 bits per heavy atom. The third-order valence-corrected chi connectivity index (χ3v) is 4.29. The van der Waals surface area contributed by atoms with Crippen molar-refractivity contribution in [3.8, 4) is 0 Å². The zero-order valence-electron chi connectivity index (χ0n) is 11.6. The maximum Gasteiger partial charge on any atom is 0.161 e. The van der Waals surface area contributed by atoms with E-state index in [-0.39, 0.29) is 0 Å². The molecule has 0 unspecified atom stereocenters. The number of imidazole rings is 1. The Labute approximate surface area is 125 Å². The smallest absolute Gasteiger partial charge is 0.161 e. The zero-order chi connectivity index (χ0) is 14.8. The van der Waals surface area contributed by atoms with Crippen molar-refractivity contribution < 1.29 is 8.78 Å². The van der Waals surface area contributed by atoms with Gasteiger partial charge < -0.3 is 9.88 Å². The van der Waals surface area contributed by atoms with Gasteiger partial charge in [-0.15, -0.1) is 11.3 Å².